The fraction of sp³-hybridized carbons (Fsp3) is 0.462. The first-order valence-electron chi connectivity index (χ1n) is 6.20. The van der Waals surface area contributed by atoms with Gasteiger partial charge >= 0.3 is 6.18 Å². The van der Waals surface area contributed by atoms with Gasteiger partial charge in [-0.3, -0.25) is 9.63 Å². The summed E-state index contributed by atoms with van der Waals surface area (Å²) in [5.74, 6) is -2.04. The van der Waals surface area contributed by atoms with Gasteiger partial charge in [-0.05, 0) is 31.0 Å². The molecule has 1 aliphatic carbocycles. The maximum absolute atomic E-state index is 13.4. The van der Waals surface area contributed by atoms with Crippen molar-refractivity contribution in [2.45, 2.75) is 38.0 Å². The summed E-state index contributed by atoms with van der Waals surface area (Å²) in [4.78, 5) is 16.7. The van der Waals surface area contributed by atoms with Gasteiger partial charge in [0, 0.05) is 0 Å². The number of nitrogens with one attached hydrogen (secondary N) is 1. The Bertz CT molecular complexity index is 496. The molecule has 1 amide bonds. The molecule has 110 valence electrons. The molecule has 0 unspecified atom stereocenters. The lowest BCUT2D eigenvalue weighted by molar-refractivity contribution is -0.137. The van der Waals surface area contributed by atoms with E-state index >= 15 is 0 Å². The molecule has 1 aliphatic rings. The van der Waals surface area contributed by atoms with E-state index in [1.54, 1.807) is 0 Å². The van der Waals surface area contributed by atoms with Crippen LogP contribution in [0.4, 0.5) is 17.6 Å². The van der Waals surface area contributed by atoms with Crippen LogP contribution in [0.5, 0.6) is 0 Å². The van der Waals surface area contributed by atoms with Crippen LogP contribution < -0.4 is 5.48 Å². The second-order valence-corrected chi connectivity index (χ2v) is 4.65. The van der Waals surface area contributed by atoms with Crippen molar-refractivity contribution in [1.29, 1.82) is 0 Å². The molecule has 0 atom stereocenters. The molecule has 0 spiro atoms. The number of amides is 1. The summed E-state index contributed by atoms with van der Waals surface area (Å²) in [7, 11) is 0. The third kappa shape index (κ3) is 3.47. The fourth-order valence-electron chi connectivity index (χ4n) is 2.07. The predicted octanol–water partition coefficient (Wildman–Crippen LogP) is 3.45. The first-order valence-corrected chi connectivity index (χ1v) is 6.20. The molecule has 1 aromatic rings. The maximum atomic E-state index is 13.4. The molecule has 1 saturated carbocycles. The molecule has 0 radical (unpaired) electrons. The van der Waals surface area contributed by atoms with Gasteiger partial charge in [0.05, 0.1) is 17.2 Å². The second-order valence-electron chi connectivity index (χ2n) is 4.65. The zero-order valence-corrected chi connectivity index (χ0v) is 10.5. The van der Waals surface area contributed by atoms with Gasteiger partial charge in [-0.2, -0.15) is 13.2 Å². The Labute approximate surface area is 112 Å². The van der Waals surface area contributed by atoms with Crippen molar-refractivity contribution < 1.29 is 27.2 Å². The van der Waals surface area contributed by atoms with Crippen LogP contribution in [0.25, 0.3) is 0 Å². The first-order chi connectivity index (χ1) is 9.38. The monoisotopic (exact) mass is 291 g/mol. The summed E-state index contributed by atoms with van der Waals surface area (Å²) in [6, 6.07) is 1.68. The standard InChI is InChI=1S/C13H13F4NO2/c14-11-6-5-8(13(15,16)17)7-10(11)12(19)18-20-9-3-1-2-4-9/h5-7,9H,1-4H2,(H,18,19). The predicted molar refractivity (Wildman–Crippen MR) is 62.2 cm³/mol. The molecule has 0 bridgehead atoms. The second kappa shape index (κ2) is 5.78. The van der Waals surface area contributed by atoms with E-state index < -0.39 is 29.0 Å². The highest BCUT2D eigenvalue weighted by molar-refractivity contribution is 5.93. The van der Waals surface area contributed by atoms with Crippen LogP contribution in [0, 0.1) is 5.82 Å². The SMILES string of the molecule is O=C(NOC1CCCC1)c1cc(C(F)(F)F)ccc1F. The molecule has 7 heteroatoms. The molecule has 20 heavy (non-hydrogen) atoms. The Morgan fingerprint density at radius 3 is 2.50 bits per heavy atom. The third-order valence-corrected chi connectivity index (χ3v) is 3.16. The van der Waals surface area contributed by atoms with Gasteiger partial charge in [0.1, 0.15) is 5.82 Å². The molecule has 1 aromatic carbocycles. The van der Waals surface area contributed by atoms with E-state index in [0.717, 1.165) is 25.7 Å². The van der Waals surface area contributed by atoms with Gasteiger partial charge in [-0.1, -0.05) is 12.8 Å². The largest absolute Gasteiger partial charge is 0.416 e. The smallest absolute Gasteiger partial charge is 0.270 e. The van der Waals surface area contributed by atoms with Crippen LogP contribution in [0.1, 0.15) is 41.6 Å². The molecule has 0 heterocycles. The normalized spacial score (nSPS) is 16.4. The molecule has 0 saturated heterocycles. The van der Waals surface area contributed by atoms with Crippen LogP contribution >= 0.6 is 0 Å². The highest BCUT2D eigenvalue weighted by Gasteiger charge is 2.32. The summed E-state index contributed by atoms with van der Waals surface area (Å²) in [6.07, 6.45) is -1.31. The number of benzene rings is 1. The summed E-state index contributed by atoms with van der Waals surface area (Å²) >= 11 is 0. The molecular weight excluding hydrogens is 278 g/mol. The van der Waals surface area contributed by atoms with Crippen molar-refractivity contribution in [3.8, 4) is 0 Å². The lowest BCUT2D eigenvalue weighted by Gasteiger charge is -2.13. The molecule has 2 rings (SSSR count). The summed E-state index contributed by atoms with van der Waals surface area (Å²) < 4.78 is 51.0. The van der Waals surface area contributed by atoms with E-state index in [2.05, 4.69) is 0 Å². The van der Waals surface area contributed by atoms with Crippen molar-refractivity contribution in [1.82, 2.24) is 5.48 Å². The molecule has 3 nitrogen and oxygen atoms in total. The van der Waals surface area contributed by atoms with Gasteiger partial charge in [0.15, 0.2) is 0 Å². The number of hydroxylamine groups is 1. The summed E-state index contributed by atoms with van der Waals surface area (Å²) in [5, 5.41) is 0. The Kier molecular flexibility index (Phi) is 4.27. The van der Waals surface area contributed by atoms with Crippen LogP contribution in [0.2, 0.25) is 0 Å². The van der Waals surface area contributed by atoms with E-state index in [9.17, 15) is 22.4 Å². The minimum absolute atomic E-state index is 0.159. The van der Waals surface area contributed by atoms with E-state index in [1.165, 1.54) is 0 Å². The molecule has 0 aromatic heterocycles. The average Bonchev–Trinajstić information content (AvgIpc) is 2.88. The van der Waals surface area contributed by atoms with Gasteiger partial charge in [-0.15, -0.1) is 0 Å². The lowest BCUT2D eigenvalue weighted by atomic mass is 10.1. The van der Waals surface area contributed by atoms with Gasteiger partial charge < -0.3 is 0 Å². The van der Waals surface area contributed by atoms with Crippen LogP contribution in [-0.4, -0.2) is 12.0 Å². The van der Waals surface area contributed by atoms with E-state index in [-0.39, 0.29) is 6.10 Å². The van der Waals surface area contributed by atoms with Crippen molar-refractivity contribution in [2.24, 2.45) is 0 Å². The topological polar surface area (TPSA) is 38.3 Å². The lowest BCUT2D eigenvalue weighted by Crippen LogP contribution is -2.29. The van der Waals surface area contributed by atoms with Gasteiger partial charge in [0.2, 0.25) is 0 Å². The summed E-state index contributed by atoms with van der Waals surface area (Å²) in [6.45, 7) is 0. The number of rotatable bonds is 3. The minimum Gasteiger partial charge on any atom is -0.270 e. The number of alkyl halides is 3. The number of carbonyl (C=O) groups is 1. The number of hydrogen-bond donors (Lipinski definition) is 1. The third-order valence-electron chi connectivity index (χ3n) is 3.16. The average molecular weight is 291 g/mol. The zero-order chi connectivity index (χ0) is 14.8. The van der Waals surface area contributed by atoms with Crippen LogP contribution in [0.15, 0.2) is 18.2 Å². The Balaban J connectivity index is 2.08. The zero-order valence-electron chi connectivity index (χ0n) is 10.5. The summed E-state index contributed by atoms with van der Waals surface area (Å²) in [5.41, 5.74) is 0.253. The van der Waals surface area contributed by atoms with Crippen molar-refractivity contribution >= 4 is 5.91 Å². The molecule has 1 N–H and O–H groups in total. The molecular formula is C13H13F4NO2. The van der Waals surface area contributed by atoms with E-state index in [4.69, 9.17) is 4.84 Å². The van der Waals surface area contributed by atoms with Crippen molar-refractivity contribution in [2.75, 3.05) is 0 Å². The molecule has 0 aliphatic heterocycles. The van der Waals surface area contributed by atoms with E-state index in [0.29, 0.717) is 18.2 Å². The first kappa shape index (κ1) is 14.8. The van der Waals surface area contributed by atoms with Gasteiger partial charge in [-0.25, -0.2) is 9.87 Å². The minimum atomic E-state index is -4.63. The number of carbonyl (C=O) groups excluding carboxylic acids is 1. The number of hydrogen-bond acceptors (Lipinski definition) is 2. The maximum Gasteiger partial charge on any atom is 0.416 e. The Morgan fingerprint density at radius 1 is 1.25 bits per heavy atom. The van der Waals surface area contributed by atoms with Crippen molar-refractivity contribution in [3.05, 3.63) is 35.1 Å². The number of halogens is 4. The van der Waals surface area contributed by atoms with Crippen LogP contribution in [-0.2, 0) is 11.0 Å². The van der Waals surface area contributed by atoms with Crippen molar-refractivity contribution in [3.63, 3.8) is 0 Å². The molecule has 1 fully saturated rings. The van der Waals surface area contributed by atoms with E-state index in [1.807, 2.05) is 5.48 Å². The highest BCUT2D eigenvalue weighted by atomic mass is 19.4. The van der Waals surface area contributed by atoms with Crippen LogP contribution in [0.3, 0.4) is 0 Å². The Hall–Kier alpha value is -1.63. The Morgan fingerprint density at radius 2 is 1.90 bits per heavy atom. The fourth-order valence-corrected chi connectivity index (χ4v) is 2.07. The quantitative estimate of drug-likeness (QED) is 0.684. The highest BCUT2D eigenvalue weighted by Crippen LogP contribution is 2.30. The van der Waals surface area contributed by atoms with Gasteiger partial charge in [0.25, 0.3) is 5.91 Å².